The summed E-state index contributed by atoms with van der Waals surface area (Å²) in [7, 11) is 3.23. The molecule has 3 fully saturated rings. The molecule has 1 N–H and O–H groups in total. The van der Waals surface area contributed by atoms with Crippen LogP contribution in [0.2, 0.25) is 10.0 Å². The number of carbonyl (C=O) groups excluding carboxylic acids is 3. The van der Waals surface area contributed by atoms with Gasteiger partial charge in [0.1, 0.15) is 0 Å². The van der Waals surface area contributed by atoms with Gasteiger partial charge >= 0.3 is 5.97 Å². The number of alkyl halides is 1. The quantitative estimate of drug-likeness (QED) is 0.187. The summed E-state index contributed by atoms with van der Waals surface area (Å²) in [5.74, 6) is -2.86. The normalized spacial score (nSPS) is 23.3. The lowest BCUT2D eigenvalue weighted by atomic mass is 9.87. The maximum Gasteiger partial charge on any atom is 0.308 e. The number of ketones is 1. The summed E-state index contributed by atoms with van der Waals surface area (Å²) in [6.07, 6.45) is 4.57. The molecule has 2 aromatic carbocycles. The monoisotopic (exact) mass is 744 g/mol. The maximum absolute atomic E-state index is 14.9. The molecule has 51 heavy (non-hydrogen) atoms. The summed E-state index contributed by atoms with van der Waals surface area (Å²) < 4.78 is 34.1. The highest BCUT2D eigenvalue weighted by Gasteiger charge is 2.55. The van der Waals surface area contributed by atoms with Crippen LogP contribution < -0.4 is 5.32 Å². The van der Waals surface area contributed by atoms with Crippen molar-refractivity contribution in [1.82, 2.24) is 14.4 Å². The molecule has 13 heteroatoms. The van der Waals surface area contributed by atoms with Crippen molar-refractivity contribution in [2.24, 2.45) is 18.9 Å². The van der Waals surface area contributed by atoms with Crippen LogP contribution in [0.4, 0.5) is 10.1 Å². The zero-order valence-corrected chi connectivity index (χ0v) is 31.0. The van der Waals surface area contributed by atoms with Crippen molar-refractivity contribution in [3.8, 4) is 0 Å². The molecule has 1 saturated carbocycles. The first kappa shape index (κ1) is 37.7. The third-order valence-electron chi connectivity index (χ3n) is 10.6. The molecule has 1 aliphatic carbocycles. The van der Waals surface area contributed by atoms with Crippen molar-refractivity contribution in [1.29, 1.82) is 0 Å². The summed E-state index contributed by atoms with van der Waals surface area (Å²) in [5, 5.41) is 4.21. The van der Waals surface area contributed by atoms with Crippen molar-refractivity contribution in [3.05, 3.63) is 63.8 Å². The molecule has 6 rings (SSSR count). The Labute approximate surface area is 308 Å². The number of hydrogen-bond acceptors (Lipinski definition) is 8. The van der Waals surface area contributed by atoms with Crippen molar-refractivity contribution >= 4 is 57.5 Å². The highest BCUT2D eigenvalue weighted by molar-refractivity contribution is 6.36. The number of hydrogen-bond donors (Lipinski definition) is 1. The minimum atomic E-state index is -1.47. The fraction of sp³-hybridized carbons (Fsp3) is 0.553. The number of ether oxygens (including phenoxy) is 3. The van der Waals surface area contributed by atoms with E-state index in [-0.39, 0.29) is 52.7 Å². The molecule has 3 aliphatic rings. The van der Waals surface area contributed by atoms with Gasteiger partial charge in [0, 0.05) is 74.8 Å². The summed E-state index contributed by atoms with van der Waals surface area (Å²) in [6.45, 7) is 4.14. The Hall–Kier alpha value is -3.06. The molecule has 2 aliphatic heterocycles. The van der Waals surface area contributed by atoms with Gasteiger partial charge < -0.3 is 24.1 Å². The van der Waals surface area contributed by atoms with Crippen LogP contribution in [0.1, 0.15) is 67.8 Å². The van der Waals surface area contributed by atoms with Crippen molar-refractivity contribution < 1.29 is 33.0 Å². The number of amides is 1. The molecule has 10 nitrogen and oxygen atoms in total. The van der Waals surface area contributed by atoms with Crippen molar-refractivity contribution in [2.75, 3.05) is 45.2 Å². The number of halogens is 3. The zero-order chi connectivity index (χ0) is 36.3. The third-order valence-corrected chi connectivity index (χ3v) is 11.3. The van der Waals surface area contributed by atoms with E-state index in [1.165, 1.54) is 7.11 Å². The Kier molecular flexibility index (Phi) is 12.1. The van der Waals surface area contributed by atoms with Crippen LogP contribution in [-0.2, 0) is 37.3 Å². The fourth-order valence-corrected chi connectivity index (χ4v) is 8.45. The predicted molar refractivity (Wildman–Crippen MR) is 195 cm³/mol. The van der Waals surface area contributed by atoms with Gasteiger partial charge in [-0.3, -0.25) is 24.2 Å². The first-order valence-electron chi connectivity index (χ1n) is 17.9. The minimum absolute atomic E-state index is 0.102. The van der Waals surface area contributed by atoms with Gasteiger partial charge in [-0.1, -0.05) is 41.4 Å². The lowest BCUT2D eigenvalue weighted by Gasteiger charge is -2.48. The molecule has 1 amide bonds. The number of benzene rings is 2. The van der Waals surface area contributed by atoms with Crippen LogP contribution in [0.25, 0.3) is 10.9 Å². The lowest BCUT2D eigenvalue weighted by Crippen LogP contribution is -2.67. The van der Waals surface area contributed by atoms with Gasteiger partial charge in [-0.05, 0) is 75.6 Å². The predicted octanol–water partition coefficient (Wildman–Crippen LogP) is 7.00. The second-order valence-electron chi connectivity index (χ2n) is 13.9. The van der Waals surface area contributed by atoms with Crippen LogP contribution in [0.3, 0.4) is 0 Å². The van der Waals surface area contributed by atoms with E-state index in [1.807, 2.05) is 40.8 Å². The number of carbonyl (C=O) groups is 3. The van der Waals surface area contributed by atoms with Gasteiger partial charge in [-0.2, -0.15) is 0 Å². The highest BCUT2D eigenvalue weighted by atomic mass is 35.5. The van der Waals surface area contributed by atoms with Gasteiger partial charge in [0.25, 0.3) is 5.91 Å². The molecule has 3 aromatic rings. The number of para-hydroxylation sites is 1. The number of nitrogens with zero attached hydrogens (tertiary/aromatic N) is 3. The smallest absolute Gasteiger partial charge is 0.308 e. The van der Waals surface area contributed by atoms with E-state index >= 15 is 0 Å². The van der Waals surface area contributed by atoms with Crippen LogP contribution in [0.5, 0.6) is 0 Å². The van der Waals surface area contributed by atoms with Crippen LogP contribution >= 0.6 is 23.2 Å². The maximum atomic E-state index is 14.9. The van der Waals surface area contributed by atoms with Crippen LogP contribution in [0, 0.1) is 11.8 Å². The molecule has 3 atom stereocenters. The SMILES string of the molecule is CCOC(=O)[C@H]1CC[C@H](OC(C(=O)Cc2cc(Cl)c(NC(=O)c3cn(C)c4ccccc34)cc2Cl)(N2CCCC2)N2CCC(C(F)OC)C2)CC1. The van der Waals surface area contributed by atoms with E-state index in [4.69, 9.17) is 37.4 Å². The largest absolute Gasteiger partial charge is 0.466 e. The van der Waals surface area contributed by atoms with Gasteiger partial charge in [0.05, 0.1) is 34.9 Å². The number of aryl methyl sites for hydroxylation is 1. The molecule has 2 saturated heterocycles. The van der Waals surface area contributed by atoms with E-state index in [1.54, 1.807) is 25.3 Å². The Morgan fingerprint density at radius 1 is 1.00 bits per heavy atom. The van der Waals surface area contributed by atoms with Gasteiger partial charge in [0.2, 0.25) is 12.2 Å². The minimum Gasteiger partial charge on any atom is -0.466 e. The first-order valence-corrected chi connectivity index (χ1v) is 18.7. The number of likely N-dealkylation sites (tertiary alicyclic amines) is 2. The third kappa shape index (κ3) is 7.84. The Bertz CT molecular complexity index is 1740. The highest BCUT2D eigenvalue weighted by Crippen LogP contribution is 2.40. The number of anilines is 1. The number of rotatable bonds is 13. The van der Waals surface area contributed by atoms with Crippen LogP contribution in [-0.4, -0.2) is 90.2 Å². The second-order valence-corrected chi connectivity index (χ2v) is 14.7. The molecule has 3 unspecified atom stereocenters. The van der Waals surface area contributed by atoms with Crippen molar-refractivity contribution in [2.45, 2.75) is 76.6 Å². The first-order chi connectivity index (χ1) is 24.5. The van der Waals surface area contributed by atoms with E-state index in [0.717, 1.165) is 23.7 Å². The number of Topliss-reactive ketones (excluding diaryl/α,β-unsaturated/α-hetero) is 1. The van der Waals surface area contributed by atoms with E-state index in [0.29, 0.717) is 75.2 Å². The molecule has 1 aromatic heterocycles. The average molecular weight is 746 g/mol. The molecule has 0 spiro atoms. The number of esters is 1. The zero-order valence-electron chi connectivity index (χ0n) is 29.5. The fourth-order valence-electron chi connectivity index (χ4n) is 7.99. The average Bonchev–Trinajstić information content (AvgIpc) is 3.91. The molecule has 3 heterocycles. The standard InChI is InChI=1S/C38H47Cl2FN4O6/c1-4-50-37(48)24-11-13-27(14-12-24)51-38(44-16-7-8-17-44,45-18-15-25(22-45)35(41)49-3)34(46)20-26-19-31(40)32(21-30(26)39)42-36(47)29-23-43(2)33-10-6-5-9-28(29)33/h5-6,9-10,19,21,23-25,27,35H,4,7-8,11-18,20,22H2,1-3H3,(H,42,47)/t24-,25?,27-,35?,38?. The molecular weight excluding hydrogens is 698 g/mol. The summed E-state index contributed by atoms with van der Waals surface area (Å²) >= 11 is 13.6. The van der Waals surface area contributed by atoms with Gasteiger partial charge in [-0.15, -0.1) is 0 Å². The van der Waals surface area contributed by atoms with Crippen LogP contribution in [0.15, 0.2) is 42.6 Å². The molecule has 0 bridgehead atoms. The second kappa shape index (κ2) is 16.3. The Morgan fingerprint density at radius 3 is 2.43 bits per heavy atom. The molecule has 276 valence electrons. The van der Waals surface area contributed by atoms with Gasteiger partial charge in [-0.25, -0.2) is 4.39 Å². The topological polar surface area (TPSA) is 102 Å². The van der Waals surface area contributed by atoms with E-state index in [2.05, 4.69) is 10.2 Å². The summed E-state index contributed by atoms with van der Waals surface area (Å²) in [6, 6.07) is 10.8. The number of methoxy groups -OCH3 is 1. The summed E-state index contributed by atoms with van der Waals surface area (Å²) in [4.78, 5) is 44.9. The number of fused-ring (bicyclic) bond motifs is 1. The number of aromatic nitrogens is 1. The number of nitrogens with one attached hydrogen (secondary N) is 1. The lowest BCUT2D eigenvalue weighted by molar-refractivity contribution is -0.253. The molecule has 0 radical (unpaired) electrons. The van der Waals surface area contributed by atoms with E-state index in [9.17, 15) is 18.8 Å². The Morgan fingerprint density at radius 2 is 1.73 bits per heavy atom. The van der Waals surface area contributed by atoms with Gasteiger partial charge in [0.15, 0.2) is 5.78 Å². The Balaban J connectivity index is 1.27. The summed E-state index contributed by atoms with van der Waals surface area (Å²) in [5.41, 5.74) is 2.23. The van der Waals surface area contributed by atoms with E-state index < -0.39 is 18.1 Å². The van der Waals surface area contributed by atoms with Crippen molar-refractivity contribution in [3.63, 3.8) is 0 Å². The molecular formula is C38H47Cl2FN4O6.